The van der Waals surface area contributed by atoms with Crippen molar-refractivity contribution in [2.45, 2.75) is 52.0 Å². The van der Waals surface area contributed by atoms with Crippen LogP contribution in [0.5, 0.6) is 0 Å². The van der Waals surface area contributed by atoms with E-state index in [1.165, 1.54) is 25.2 Å². The normalized spacial score (nSPS) is 29.0. The fourth-order valence-electron chi connectivity index (χ4n) is 3.11. The summed E-state index contributed by atoms with van der Waals surface area (Å²) >= 11 is 0. The molecule has 1 aliphatic carbocycles. The number of fused-ring (bicyclic) bond motifs is 1. The third kappa shape index (κ3) is 2.66. The van der Waals surface area contributed by atoms with Gasteiger partial charge in [0.1, 0.15) is 11.2 Å². The SMILES string of the molecule is CCCCC1=C(O)C2=CC(C)(C(=O)O)C=CC2=NC1(CC)C(=O)O. The third-order valence-corrected chi connectivity index (χ3v) is 4.77. The van der Waals surface area contributed by atoms with E-state index in [4.69, 9.17) is 0 Å². The van der Waals surface area contributed by atoms with E-state index in [1.54, 1.807) is 6.92 Å². The second-order valence-corrected chi connectivity index (χ2v) is 6.43. The van der Waals surface area contributed by atoms with Gasteiger partial charge in [0, 0.05) is 11.1 Å². The molecule has 6 heteroatoms. The van der Waals surface area contributed by atoms with E-state index in [2.05, 4.69) is 4.99 Å². The van der Waals surface area contributed by atoms with Gasteiger partial charge in [-0.1, -0.05) is 32.4 Å². The monoisotopic (exact) mass is 333 g/mol. The highest BCUT2D eigenvalue weighted by Crippen LogP contribution is 2.42. The fourth-order valence-corrected chi connectivity index (χ4v) is 3.11. The molecule has 130 valence electrons. The average molecular weight is 333 g/mol. The molecule has 0 fully saturated rings. The van der Waals surface area contributed by atoms with Crippen molar-refractivity contribution in [1.82, 2.24) is 0 Å². The number of aliphatic hydroxyl groups is 1. The van der Waals surface area contributed by atoms with Crippen LogP contribution in [-0.4, -0.2) is 38.5 Å². The van der Waals surface area contributed by atoms with Gasteiger partial charge in [-0.25, -0.2) is 4.79 Å². The lowest BCUT2D eigenvalue weighted by atomic mass is 9.75. The van der Waals surface area contributed by atoms with Crippen molar-refractivity contribution in [3.8, 4) is 0 Å². The summed E-state index contributed by atoms with van der Waals surface area (Å²) in [6.07, 6.45) is 6.58. The number of hydrogen-bond donors (Lipinski definition) is 3. The minimum atomic E-state index is -1.49. The number of carboxylic acid groups (broad SMARTS) is 2. The van der Waals surface area contributed by atoms with E-state index in [1.807, 2.05) is 6.92 Å². The van der Waals surface area contributed by atoms with Crippen molar-refractivity contribution >= 4 is 17.7 Å². The maximum atomic E-state index is 11.9. The molecule has 0 aromatic rings. The van der Waals surface area contributed by atoms with Crippen LogP contribution in [0.4, 0.5) is 0 Å². The first-order valence-corrected chi connectivity index (χ1v) is 8.14. The number of unbranched alkanes of at least 4 members (excludes halogenated alkanes) is 1. The lowest BCUT2D eigenvalue weighted by Gasteiger charge is -2.35. The number of nitrogens with zero attached hydrogens (tertiary/aromatic N) is 1. The zero-order valence-electron chi connectivity index (χ0n) is 14.2. The van der Waals surface area contributed by atoms with E-state index in [0.717, 1.165) is 12.8 Å². The van der Waals surface area contributed by atoms with Gasteiger partial charge in [0.2, 0.25) is 0 Å². The number of aliphatic carboxylic acids is 2. The molecule has 3 N–H and O–H groups in total. The summed E-state index contributed by atoms with van der Waals surface area (Å²) < 4.78 is 0. The number of rotatable bonds is 6. The van der Waals surface area contributed by atoms with Gasteiger partial charge >= 0.3 is 11.9 Å². The van der Waals surface area contributed by atoms with Crippen LogP contribution in [0.1, 0.15) is 46.5 Å². The van der Waals surface area contributed by atoms with Crippen LogP contribution in [-0.2, 0) is 9.59 Å². The highest BCUT2D eigenvalue weighted by atomic mass is 16.4. The molecule has 6 nitrogen and oxygen atoms in total. The Morgan fingerprint density at radius 1 is 1.21 bits per heavy atom. The largest absolute Gasteiger partial charge is 0.507 e. The molecule has 0 aromatic carbocycles. The summed E-state index contributed by atoms with van der Waals surface area (Å²) in [6.45, 7) is 5.22. The Kier molecular flexibility index (Phi) is 4.69. The molecule has 2 aliphatic rings. The van der Waals surface area contributed by atoms with Gasteiger partial charge in [-0.15, -0.1) is 0 Å². The smallest absolute Gasteiger partial charge is 0.336 e. The Bertz CT molecular complexity index is 700. The van der Waals surface area contributed by atoms with Crippen LogP contribution in [0.3, 0.4) is 0 Å². The van der Waals surface area contributed by atoms with Crippen LogP contribution >= 0.6 is 0 Å². The first kappa shape index (κ1) is 18.0. The Labute approximate surface area is 140 Å². The maximum absolute atomic E-state index is 11.9. The topological polar surface area (TPSA) is 107 Å². The van der Waals surface area contributed by atoms with E-state index in [0.29, 0.717) is 23.3 Å². The number of allylic oxidation sites excluding steroid dienone is 2. The second-order valence-electron chi connectivity index (χ2n) is 6.43. The minimum absolute atomic E-state index is 0.144. The van der Waals surface area contributed by atoms with Crippen LogP contribution in [0.15, 0.2) is 40.1 Å². The van der Waals surface area contributed by atoms with E-state index in [-0.39, 0.29) is 12.2 Å². The van der Waals surface area contributed by atoms with Crippen LogP contribution in [0.2, 0.25) is 0 Å². The number of aliphatic hydroxyl groups excluding tert-OH is 1. The molecule has 2 unspecified atom stereocenters. The molecular formula is C18H23NO5. The molecule has 1 aliphatic heterocycles. The average Bonchev–Trinajstić information content (AvgIpc) is 2.54. The van der Waals surface area contributed by atoms with Crippen LogP contribution < -0.4 is 0 Å². The molecule has 24 heavy (non-hydrogen) atoms. The molecule has 0 radical (unpaired) electrons. The number of dihydropyridines is 1. The number of hydrogen-bond acceptors (Lipinski definition) is 4. The molecule has 0 saturated carbocycles. The summed E-state index contributed by atoms with van der Waals surface area (Å²) in [6, 6.07) is 0. The number of carbonyl (C=O) groups is 2. The first-order chi connectivity index (χ1) is 11.2. The Morgan fingerprint density at radius 2 is 1.88 bits per heavy atom. The van der Waals surface area contributed by atoms with Gasteiger partial charge in [0.15, 0.2) is 5.54 Å². The van der Waals surface area contributed by atoms with Gasteiger partial charge in [0.05, 0.1) is 5.71 Å². The predicted octanol–water partition coefficient (Wildman–Crippen LogP) is 3.26. The maximum Gasteiger partial charge on any atom is 0.336 e. The lowest BCUT2D eigenvalue weighted by Crippen LogP contribution is -2.43. The van der Waals surface area contributed by atoms with Gasteiger partial charge in [-0.3, -0.25) is 9.79 Å². The molecule has 0 bridgehead atoms. The minimum Gasteiger partial charge on any atom is -0.507 e. The van der Waals surface area contributed by atoms with E-state index < -0.39 is 22.9 Å². The molecule has 1 heterocycles. The molecule has 0 aromatic heterocycles. The summed E-state index contributed by atoms with van der Waals surface area (Å²) in [5.74, 6) is -2.29. The van der Waals surface area contributed by atoms with Gasteiger partial charge in [0.25, 0.3) is 0 Å². The summed E-state index contributed by atoms with van der Waals surface area (Å²) in [5, 5.41) is 29.9. The van der Waals surface area contributed by atoms with Gasteiger partial charge < -0.3 is 15.3 Å². The summed E-state index contributed by atoms with van der Waals surface area (Å²) in [4.78, 5) is 27.8. The van der Waals surface area contributed by atoms with E-state index in [9.17, 15) is 24.9 Å². The second kappa shape index (κ2) is 6.26. The van der Waals surface area contributed by atoms with E-state index >= 15 is 0 Å². The highest BCUT2D eigenvalue weighted by Gasteiger charge is 2.47. The highest BCUT2D eigenvalue weighted by molar-refractivity contribution is 6.15. The molecule has 2 rings (SSSR count). The van der Waals surface area contributed by atoms with Crippen molar-refractivity contribution in [2.24, 2.45) is 10.4 Å². The first-order valence-electron chi connectivity index (χ1n) is 8.14. The standard InChI is InChI=1S/C18H23NO5/c1-4-6-7-12-14(20)11-10-17(3,15(21)22)9-8-13(11)19-18(12,5-2)16(23)24/h8-10,20H,4-7H2,1-3H3,(H,21,22)(H,23,24). The van der Waals surface area contributed by atoms with Crippen molar-refractivity contribution in [1.29, 1.82) is 0 Å². The Morgan fingerprint density at radius 3 is 2.38 bits per heavy atom. The van der Waals surface area contributed by atoms with Crippen molar-refractivity contribution < 1.29 is 24.9 Å². The Hall–Kier alpha value is -2.37. The quantitative estimate of drug-likeness (QED) is 0.691. The lowest BCUT2D eigenvalue weighted by molar-refractivity contribution is -0.143. The molecule has 2 atom stereocenters. The predicted molar refractivity (Wildman–Crippen MR) is 90.2 cm³/mol. The van der Waals surface area contributed by atoms with Crippen LogP contribution in [0, 0.1) is 5.41 Å². The van der Waals surface area contributed by atoms with Gasteiger partial charge in [-0.05, 0) is 32.3 Å². The van der Waals surface area contributed by atoms with Crippen molar-refractivity contribution in [3.63, 3.8) is 0 Å². The summed E-state index contributed by atoms with van der Waals surface area (Å²) in [7, 11) is 0. The number of aliphatic imine (C=N–C) groups is 1. The zero-order chi connectivity index (χ0) is 18.1. The molecule has 0 amide bonds. The van der Waals surface area contributed by atoms with Crippen molar-refractivity contribution in [3.05, 3.63) is 35.1 Å². The molecule has 0 saturated heterocycles. The zero-order valence-corrected chi connectivity index (χ0v) is 14.2. The third-order valence-electron chi connectivity index (χ3n) is 4.77. The van der Waals surface area contributed by atoms with Gasteiger partial charge in [-0.2, -0.15) is 0 Å². The number of carboxylic acids is 2. The molecule has 0 spiro atoms. The summed E-state index contributed by atoms with van der Waals surface area (Å²) in [5.41, 5.74) is -1.77. The molecular weight excluding hydrogens is 310 g/mol. The van der Waals surface area contributed by atoms with Crippen LogP contribution in [0.25, 0.3) is 0 Å². The Balaban J connectivity index is 2.66. The van der Waals surface area contributed by atoms with Crippen molar-refractivity contribution in [2.75, 3.05) is 0 Å². The fraction of sp³-hybridized carbons (Fsp3) is 0.500.